The van der Waals surface area contributed by atoms with Gasteiger partial charge in [0, 0.05) is 52.1 Å². The summed E-state index contributed by atoms with van der Waals surface area (Å²) in [6.07, 6.45) is 4.00. The molecule has 2 fully saturated rings. The van der Waals surface area contributed by atoms with Crippen LogP contribution >= 0.6 is 0 Å². The van der Waals surface area contributed by atoms with Crippen molar-refractivity contribution in [2.45, 2.75) is 52.5 Å². The second kappa shape index (κ2) is 9.95. The summed E-state index contributed by atoms with van der Waals surface area (Å²) in [6.45, 7) is 10.9. The zero-order valence-electron chi connectivity index (χ0n) is 17.2. The molecule has 2 aliphatic rings. The number of piperazine rings is 1. The first-order valence-corrected chi connectivity index (χ1v) is 10.6. The van der Waals surface area contributed by atoms with Gasteiger partial charge in [-0.2, -0.15) is 0 Å². The van der Waals surface area contributed by atoms with Gasteiger partial charge in [0.2, 0.25) is 11.8 Å². The molecule has 0 N–H and O–H groups in total. The van der Waals surface area contributed by atoms with Gasteiger partial charge in [-0.05, 0) is 49.1 Å². The summed E-state index contributed by atoms with van der Waals surface area (Å²) in [4.78, 5) is 31.2. The van der Waals surface area contributed by atoms with E-state index in [4.69, 9.17) is 0 Å². The molecule has 0 spiro atoms. The smallest absolute Gasteiger partial charge is 0.224 e. The number of piperidine rings is 1. The number of amides is 2. The molecule has 0 unspecified atom stereocenters. The monoisotopic (exact) mass is 391 g/mol. The Labute approximate surface area is 167 Å². The van der Waals surface area contributed by atoms with E-state index in [-0.39, 0.29) is 5.91 Å². The molecule has 0 bridgehead atoms. The van der Waals surface area contributed by atoms with Gasteiger partial charge in [-0.25, -0.2) is 4.68 Å². The van der Waals surface area contributed by atoms with Gasteiger partial charge in [0.05, 0.1) is 6.54 Å². The number of rotatable bonds is 7. The van der Waals surface area contributed by atoms with Crippen LogP contribution in [0.3, 0.4) is 0 Å². The van der Waals surface area contributed by atoms with Crippen LogP contribution in [0, 0.1) is 12.8 Å². The van der Waals surface area contributed by atoms with E-state index in [9.17, 15) is 9.59 Å². The van der Waals surface area contributed by atoms with Crippen molar-refractivity contribution in [3.05, 3.63) is 5.82 Å². The molecule has 3 rings (SSSR count). The Hall–Kier alpha value is -2.03. The third kappa shape index (κ3) is 5.50. The average molecular weight is 392 g/mol. The molecule has 2 amide bonds. The van der Waals surface area contributed by atoms with Gasteiger partial charge in [0.15, 0.2) is 0 Å². The summed E-state index contributed by atoms with van der Waals surface area (Å²) in [6, 6.07) is 0. The molecule has 28 heavy (non-hydrogen) atoms. The number of carbonyl (C=O) groups excluding carboxylic acids is 2. The largest absolute Gasteiger partial charge is 0.343 e. The summed E-state index contributed by atoms with van der Waals surface area (Å²) in [5, 5.41) is 11.3. The van der Waals surface area contributed by atoms with E-state index in [0.29, 0.717) is 31.2 Å². The van der Waals surface area contributed by atoms with Crippen molar-refractivity contribution < 1.29 is 9.59 Å². The van der Waals surface area contributed by atoms with Crippen LogP contribution < -0.4 is 0 Å². The molecule has 0 radical (unpaired) electrons. The summed E-state index contributed by atoms with van der Waals surface area (Å²) >= 11 is 0. The lowest BCUT2D eigenvalue weighted by atomic mass is 9.91. The minimum absolute atomic E-state index is 0.165. The van der Waals surface area contributed by atoms with Crippen molar-refractivity contribution in [3.63, 3.8) is 0 Å². The van der Waals surface area contributed by atoms with Crippen LogP contribution in [0.5, 0.6) is 0 Å². The first-order valence-electron chi connectivity index (χ1n) is 10.6. The molecular formula is C19H33N7O2. The molecule has 2 saturated heterocycles. The second-order valence-electron chi connectivity index (χ2n) is 7.88. The number of nitrogens with zero attached hydrogens (tertiary/aromatic N) is 7. The number of carbonyl (C=O) groups is 2. The quantitative estimate of drug-likeness (QED) is 0.675. The zero-order chi connectivity index (χ0) is 19.9. The first-order chi connectivity index (χ1) is 13.6. The maximum absolute atomic E-state index is 12.5. The Kier molecular flexibility index (Phi) is 7.36. The minimum atomic E-state index is 0.165. The summed E-state index contributed by atoms with van der Waals surface area (Å²) in [5.74, 6) is 1.74. The third-order valence-corrected chi connectivity index (χ3v) is 6.15. The third-order valence-electron chi connectivity index (χ3n) is 6.15. The van der Waals surface area contributed by atoms with E-state index in [1.807, 2.05) is 16.7 Å². The van der Waals surface area contributed by atoms with Crippen LogP contribution in [-0.2, 0) is 16.1 Å². The number of aromatic nitrogens is 4. The molecule has 1 aromatic heterocycles. The van der Waals surface area contributed by atoms with Crippen LogP contribution in [-0.4, -0.2) is 92.5 Å². The van der Waals surface area contributed by atoms with Crippen LogP contribution in [0.4, 0.5) is 0 Å². The van der Waals surface area contributed by atoms with E-state index >= 15 is 0 Å². The highest BCUT2D eigenvalue weighted by Crippen LogP contribution is 2.23. The standard InChI is InChI=1S/C19H33N7O2/c1-3-23-12-14-25(15-13-23)18(27)5-4-17-6-9-24(10-7-17)19(28)8-11-26-16(2)20-21-22-26/h17H,3-15H2,1-2H3. The van der Waals surface area contributed by atoms with E-state index < -0.39 is 0 Å². The van der Waals surface area contributed by atoms with Crippen LogP contribution in [0.1, 0.15) is 44.9 Å². The Bertz CT molecular complexity index is 646. The van der Waals surface area contributed by atoms with Crippen LogP contribution in [0.2, 0.25) is 0 Å². The Morgan fingerprint density at radius 3 is 2.21 bits per heavy atom. The number of aryl methyl sites for hydroxylation is 2. The fourth-order valence-corrected chi connectivity index (χ4v) is 4.09. The van der Waals surface area contributed by atoms with E-state index in [2.05, 4.69) is 27.3 Å². The molecule has 0 aliphatic carbocycles. The molecule has 0 atom stereocenters. The van der Waals surface area contributed by atoms with Crippen molar-refractivity contribution in [1.29, 1.82) is 0 Å². The summed E-state index contributed by atoms with van der Waals surface area (Å²) in [7, 11) is 0. The molecule has 2 aliphatic heterocycles. The number of hydrogen-bond acceptors (Lipinski definition) is 6. The lowest BCUT2D eigenvalue weighted by molar-refractivity contribution is -0.135. The fourth-order valence-electron chi connectivity index (χ4n) is 4.09. The minimum Gasteiger partial charge on any atom is -0.343 e. The molecular weight excluding hydrogens is 358 g/mol. The molecule has 9 heteroatoms. The van der Waals surface area contributed by atoms with E-state index in [0.717, 1.165) is 70.9 Å². The van der Waals surface area contributed by atoms with Gasteiger partial charge < -0.3 is 14.7 Å². The zero-order valence-corrected chi connectivity index (χ0v) is 17.2. The predicted molar refractivity (Wildman–Crippen MR) is 104 cm³/mol. The number of hydrogen-bond donors (Lipinski definition) is 0. The molecule has 156 valence electrons. The normalized spacial score (nSPS) is 19.2. The predicted octanol–water partition coefficient (Wildman–Crippen LogP) is 0.555. The van der Waals surface area contributed by atoms with Crippen molar-refractivity contribution >= 4 is 11.8 Å². The van der Waals surface area contributed by atoms with Gasteiger partial charge in [-0.15, -0.1) is 5.10 Å². The van der Waals surface area contributed by atoms with Gasteiger partial charge in [-0.1, -0.05) is 6.92 Å². The molecule has 1 aromatic rings. The first kappa shape index (κ1) is 20.7. The van der Waals surface area contributed by atoms with Gasteiger partial charge in [0.25, 0.3) is 0 Å². The average Bonchev–Trinajstić information content (AvgIpc) is 3.15. The summed E-state index contributed by atoms with van der Waals surface area (Å²) < 4.78 is 1.66. The van der Waals surface area contributed by atoms with Crippen LogP contribution in [0.15, 0.2) is 0 Å². The topological polar surface area (TPSA) is 87.5 Å². The maximum Gasteiger partial charge on any atom is 0.224 e. The SMILES string of the molecule is CCN1CCN(C(=O)CCC2CCN(C(=O)CCn3nnnc3C)CC2)CC1. The Morgan fingerprint density at radius 2 is 1.61 bits per heavy atom. The highest BCUT2D eigenvalue weighted by atomic mass is 16.2. The van der Waals surface area contributed by atoms with Gasteiger partial charge in [0.1, 0.15) is 5.82 Å². The highest BCUT2D eigenvalue weighted by Gasteiger charge is 2.25. The molecule has 3 heterocycles. The van der Waals surface area contributed by atoms with E-state index in [1.54, 1.807) is 4.68 Å². The molecule has 9 nitrogen and oxygen atoms in total. The van der Waals surface area contributed by atoms with Crippen molar-refractivity contribution in [1.82, 2.24) is 34.9 Å². The van der Waals surface area contributed by atoms with Crippen molar-refractivity contribution in [2.24, 2.45) is 5.92 Å². The lowest BCUT2D eigenvalue weighted by Crippen LogP contribution is -2.48. The summed E-state index contributed by atoms with van der Waals surface area (Å²) in [5.41, 5.74) is 0. The molecule has 0 saturated carbocycles. The fraction of sp³-hybridized carbons (Fsp3) is 0.842. The Morgan fingerprint density at radius 1 is 0.964 bits per heavy atom. The second-order valence-corrected chi connectivity index (χ2v) is 7.88. The lowest BCUT2D eigenvalue weighted by Gasteiger charge is -2.35. The van der Waals surface area contributed by atoms with Gasteiger partial charge >= 0.3 is 0 Å². The van der Waals surface area contributed by atoms with E-state index in [1.165, 1.54) is 0 Å². The van der Waals surface area contributed by atoms with Crippen molar-refractivity contribution in [2.75, 3.05) is 45.8 Å². The number of tetrazole rings is 1. The molecule has 0 aromatic carbocycles. The number of likely N-dealkylation sites (N-methyl/N-ethyl adjacent to an activating group) is 1. The maximum atomic E-state index is 12.5. The Balaban J connectivity index is 1.32. The van der Waals surface area contributed by atoms with Gasteiger partial charge in [-0.3, -0.25) is 9.59 Å². The van der Waals surface area contributed by atoms with Crippen molar-refractivity contribution in [3.8, 4) is 0 Å². The highest BCUT2D eigenvalue weighted by molar-refractivity contribution is 5.76. The van der Waals surface area contributed by atoms with Crippen LogP contribution in [0.25, 0.3) is 0 Å². The number of likely N-dealkylation sites (tertiary alicyclic amines) is 1.